The van der Waals surface area contributed by atoms with Crippen molar-refractivity contribution in [1.82, 2.24) is 10.3 Å². The van der Waals surface area contributed by atoms with Crippen LogP contribution in [0.4, 0.5) is 0 Å². The summed E-state index contributed by atoms with van der Waals surface area (Å²) in [6, 6.07) is 7.93. The minimum atomic E-state index is 0.0433. The van der Waals surface area contributed by atoms with Gasteiger partial charge in [0.1, 0.15) is 0 Å². The number of rotatable bonds is 5. The van der Waals surface area contributed by atoms with Crippen molar-refractivity contribution in [1.29, 1.82) is 0 Å². The average molecular weight is 348 g/mol. The first kappa shape index (κ1) is 17.0. The second kappa shape index (κ2) is 7.81. The smallest absolute Gasteiger partial charge is 0.220 e. The third-order valence-electron chi connectivity index (χ3n) is 4.39. The quantitative estimate of drug-likeness (QED) is 0.869. The Bertz CT molecular complexity index is 676. The summed E-state index contributed by atoms with van der Waals surface area (Å²) in [6.07, 6.45) is 6.44. The summed E-state index contributed by atoms with van der Waals surface area (Å²) in [5.41, 5.74) is 6.80. The minimum Gasteiger partial charge on any atom is -0.441 e. The van der Waals surface area contributed by atoms with Gasteiger partial charge in [0.15, 0.2) is 11.7 Å². The van der Waals surface area contributed by atoms with Gasteiger partial charge in [0.05, 0.1) is 6.20 Å². The van der Waals surface area contributed by atoms with Crippen LogP contribution in [0, 0.1) is 0 Å². The fourth-order valence-electron chi connectivity index (χ4n) is 2.96. The number of carbonyl (C=O) groups excluding carboxylic acids is 1. The molecule has 24 heavy (non-hydrogen) atoms. The van der Waals surface area contributed by atoms with Crippen molar-refractivity contribution in [3.8, 4) is 11.3 Å². The molecule has 0 spiro atoms. The number of hydrogen-bond donors (Lipinski definition) is 2. The van der Waals surface area contributed by atoms with Crippen LogP contribution in [0.3, 0.4) is 0 Å². The Morgan fingerprint density at radius 1 is 1.25 bits per heavy atom. The molecule has 0 atom stereocenters. The van der Waals surface area contributed by atoms with Gasteiger partial charge in [-0.1, -0.05) is 11.6 Å². The van der Waals surface area contributed by atoms with Gasteiger partial charge in [-0.25, -0.2) is 4.98 Å². The summed E-state index contributed by atoms with van der Waals surface area (Å²) in [6.45, 7) is 0. The molecule has 6 heteroatoms. The van der Waals surface area contributed by atoms with Crippen molar-refractivity contribution in [3.05, 3.63) is 41.4 Å². The lowest BCUT2D eigenvalue weighted by molar-refractivity contribution is -0.122. The Balaban J connectivity index is 1.48. The highest BCUT2D eigenvalue weighted by Gasteiger charge is 2.20. The zero-order valence-electron chi connectivity index (χ0n) is 13.5. The van der Waals surface area contributed by atoms with Gasteiger partial charge in [-0.3, -0.25) is 4.79 Å². The first-order chi connectivity index (χ1) is 11.6. The molecular weight excluding hydrogens is 326 g/mol. The van der Waals surface area contributed by atoms with E-state index in [1.807, 2.05) is 24.3 Å². The molecule has 0 aliphatic heterocycles. The number of aryl methyl sites for hydroxylation is 1. The lowest BCUT2D eigenvalue weighted by Crippen LogP contribution is -2.40. The number of halogens is 1. The molecule has 0 unspecified atom stereocenters. The maximum atomic E-state index is 12.1. The van der Waals surface area contributed by atoms with Gasteiger partial charge in [-0.15, -0.1) is 0 Å². The second-order valence-corrected chi connectivity index (χ2v) is 6.74. The molecule has 1 aliphatic rings. The minimum absolute atomic E-state index is 0.0433. The Morgan fingerprint density at radius 2 is 1.96 bits per heavy atom. The number of nitrogens with zero attached hydrogens (tertiary/aromatic N) is 1. The van der Waals surface area contributed by atoms with E-state index >= 15 is 0 Å². The van der Waals surface area contributed by atoms with Gasteiger partial charge >= 0.3 is 0 Å². The highest BCUT2D eigenvalue weighted by atomic mass is 35.5. The molecule has 1 fully saturated rings. The van der Waals surface area contributed by atoms with E-state index in [0.717, 1.165) is 31.2 Å². The molecule has 1 saturated carbocycles. The summed E-state index contributed by atoms with van der Waals surface area (Å²) in [5, 5.41) is 3.76. The van der Waals surface area contributed by atoms with Crippen LogP contribution in [0.5, 0.6) is 0 Å². The van der Waals surface area contributed by atoms with E-state index in [-0.39, 0.29) is 18.0 Å². The standard InChI is InChI=1S/C18H22ClN3O2/c19-13-3-1-12(2-4-13)16-11-21-18(24-16)10-9-17(23)22-15-7-5-14(20)6-8-15/h1-4,11,14-15H,5-10,20H2,(H,22,23). The highest BCUT2D eigenvalue weighted by Crippen LogP contribution is 2.23. The predicted molar refractivity (Wildman–Crippen MR) is 93.6 cm³/mol. The molecule has 1 heterocycles. The lowest BCUT2D eigenvalue weighted by Gasteiger charge is -2.26. The first-order valence-corrected chi connectivity index (χ1v) is 8.73. The lowest BCUT2D eigenvalue weighted by atomic mass is 9.92. The van der Waals surface area contributed by atoms with Gasteiger partial charge in [-0.2, -0.15) is 0 Å². The molecule has 1 amide bonds. The van der Waals surface area contributed by atoms with E-state index < -0.39 is 0 Å². The predicted octanol–water partition coefficient (Wildman–Crippen LogP) is 3.31. The number of nitrogens with one attached hydrogen (secondary N) is 1. The zero-order chi connectivity index (χ0) is 16.9. The van der Waals surface area contributed by atoms with Crippen molar-refractivity contribution in [2.75, 3.05) is 0 Å². The summed E-state index contributed by atoms with van der Waals surface area (Å²) >= 11 is 5.88. The van der Waals surface area contributed by atoms with Crippen molar-refractivity contribution in [2.24, 2.45) is 5.73 Å². The summed E-state index contributed by atoms with van der Waals surface area (Å²) < 4.78 is 5.71. The third kappa shape index (κ3) is 4.58. The Hall–Kier alpha value is -1.85. The Morgan fingerprint density at radius 3 is 2.67 bits per heavy atom. The van der Waals surface area contributed by atoms with E-state index in [0.29, 0.717) is 29.5 Å². The fourth-order valence-corrected chi connectivity index (χ4v) is 3.08. The maximum Gasteiger partial charge on any atom is 0.220 e. The van der Waals surface area contributed by atoms with E-state index in [1.54, 1.807) is 6.20 Å². The molecule has 1 aromatic carbocycles. The zero-order valence-corrected chi connectivity index (χ0v) is 14.3. The SMILES string of the molecule is NC1CCC(NC(=O)CCc2ncc(-c3ccc(Cl)cc3)o2)CC1. The molecular formula is C18H22ClN3O2. The number of amides is 1. The third-order valence-corrected chi connectivity index (χ3v) is 4.64. The van der Waals surface area contributed by atoms with Crippen LogP contribution in [-0.4, -0.2) is 23.0 Å². The average Bonchev–Trinajstić information content (AvgIpc) is 3.05. The van der Waals surface area contributed by atoms with Gasteiger partial charge in [0.25, 0.3) is 0 Å². The van der Waals surface area contributed by atoms with E-state index in [9.17, 15) is 4.79 Å². The molecule has 1 aromatic heterocycles. The van der Waals surface area contributed by atoms with Gasteiger partial charge < -0.3 is 15.5 Å². The van der Waals surface area contributed by atoms with Crippen LogP contribution in [0.15, 0.2) is 34.9 Å². The number of carbonyl (C=O) groups is 1. The second-order valence-electron chi connectivity index (χ2n) is 6.30. The largest absolute Gasteiger partial charge is 0.441 e. The molecule has 2 aromatic rings. The van der Waals surface area contributed by atoms with Crippen molar-refractivity contribution in [3.63, 3.8) is 0 Å². The summed E-state index contributed by atoms with van der Waals surface area (Å²) in [5.74, 6) is 1.30. The van der Waals surface area contributed by atoms with Gasteiger partial charge in [0.2, 0.25) is 5.91 Å². The van der Waals surface area contributed by atoms with Crippen LogP contribution in [0.1, 0.15) is 38.0 Å². The van der Waals surface area contributed by atoms with E-state index in [2.05, 4.69) is 10.3 Å². The molecule has 3 rings (SSSR count). The molecule has 1 aliphatic carbocycles. The molecule has 0 radical (unpaired) electrons. The fraction of sp³-hybridized carbons (Fsp3) is 0.444. The normalized spacial score (nSPS) is 20.8. The van der Waals surface area contributed by atoms with Crippen molar-refractivity contribution in [2.45, 2.75) is 50.6 Å². The molecule has 0 bridgehead atoms. The number of aromatic nitrogens is 1. The maximum absolute atomic E-state index is 12.1. The topological polar surface area (TPSA) is 81.1 Å². The Labute approximate surface area is 146 Å². The van der Waals surface area contributed by atoms with Gasteiger partial charge in [-0.05, 0) is 49.9 Å². The summed E-state index contributed by atoms with van der Waals surface area (Å²) in [4.78, 5) is 16.3. The molecule has 3 N–H and O–H groups in total. The summed E-state index contributed by atoms with van der Waals surface area (Å²) in [7, 11) is 0. The monoisotopic (exact) mass is 347 g/mol. The van der Waals surface area contributed by atoms with E-state index in [4.69, 9.17) is 21.8 Å². The number of oxazole rings is 1. The van der Waals surface area contributed by atoms with Gasteiger partial charge in [0, 0.05) is 35.5 Å². The number of hydrogen-bond acceptors (Lipinski definition) is 4. The number of nitrogens with two attached hydrogens (primary N) is 1. The van der Waals surface area contributed by atoms with Crippen LogP contribution >= 0.6 is 11.6 Å². The van der Waals surface area contributed by atoms with Crippen molar-refractivity contribution >= 4 is 17.5 Å². The highest BCUT2D eigenvalue weighted by molar-refractivity contribution is 6.30. The molecule has 5 nitrogen and oxygen atoms in total. The molecule has 0 saturated heterocycles. The van der Waals surface area contributed by atoms with Crippen LogP contribution in [-0.2, 0) is 11.2 Å². The van der Waals surface area contributed by atoms with Crippen LogP contribution < -0.4 is 11.1 Å². The first-order valence-electron chi connectivity index (χ1n) is 8.36. The molecule has 128 valence electrons. The van der Waals surface area contributed by atoms with Crippen molar-refractivity contribution < 1.29 is 9.21 Å². The van der Waals surface area contributed by atoms with E-state index in [1.165, 1.54) is 0 Å². The Kier molecular flexibility index (Phi) is 5.53. The van der Waals surface area contributed by atoms with Crippen LogP contribution in [0.25, 0.3) is 11.3 Å². The van der Waals surface area contributed by atoms with Crippen LogP contribution in [0.2, 0.25) is 5.02 Å². The number of benzene rings is 1.